The van der Waals surface area contributed by atoms with Gasteiger partial charge in [-0.1, -0.05) is 23.7 Å². The summed E-state index contributed by atoms with van der Waals surface area (Å²) < 4.78 is 0. The standard InChI is InChI=1S/C17H23ClN2O/c1-12(21)16(13-6-8-15(18)9-7-13)10-19-11-17(20(2)3)14-4-5-14/h6-9,16,19H,4-5,10-11H2,1-3H3. The van der Waals surface area contributed by atoms with Crippen LogP contribution in [0.3, 0.4) is 0 Å². The second kappa shape index (κ2) is 7.10. The van der Waals surface area contributed by atoms with Gasteiger partial charge >= 0.3 is 0 Å². The molecule has 1 aromatic rings. The van der Waals surface area contributed by atoms with Gasteiger partial charge in [-0.05, 0) is 43.0 Å². The Morgan fingerprint density at radius 2 is 1.90 bits per heavy atom. The lowest BCUT2D eigenvalue weighted by Crippen LogP contribution is -2.30. The molecule has 21 heavy (non-hydrogen) atoms. The first-order valence-electron chi connectivity index (χ1n) is 7.34. The molecule has 0 aliphatic heterocycles. The number of hydrogen-bond donors (Lipinski definition) is 1. The van der Waals surface area contributed by atoms with Crippen LogP contribution in [0.15, 0.2) is 35.5 Å². The Hall–Kier alpha value is -1.32. The Labute approximate surface area is 132 Å². The summed E-state index contributed by atoms with van der Waals surface area (Å²) in [6, 6.07) is 7.54. The molecule has 0 amide bonds. The van der Waals surface area contributed by atoms with E-state index in [4.69, 9.17) is 11.6 Å². The van der Waals surface area contributed by atoms with Gasteiger partial charge in [0.05, 0.1) is 5.92 Å². The number of allylic oxidation sites excluding steroid dienone is 1. The summed E-state index contributed by atoms with van der Waals surface area (Å²) >= 11 is 5.91. The molecule has 114 valence electrons. The maximum absolute atomic E-state index is 11.9. The number of carbonyl (C=O) groups is 1. The van der Waals surface area contributed by atoms with Crippen LogP contribution in [-0.4, -0.2) is 37.9 Å². The van der Waals surface area contributed by atoms with E-state index >= 15 is 0 Å². The van der Waals surface area contributed by atoms with Crippen LogP contribution in [-0.2, 0) is 4.79 Å². The van der Waals surface area contributed by atoms with Crippen LogP contribution >= 0.6 is 11.6 Å². The van der Waals surface area contributed by atoms with Crippen molar-refractivity contribution in [2.75, 3.05) is 27.2 Å². The van der Waals surface area contributed by atoms with Crippen LogP contribution in [0.2, 0.25) is 5.02 Å². The molecular weight excluding hydrogens is 284 g/mol. The summed E-state index contributed by atoms with van der Waals surface area (Å²) in [7, 11) is 4.15. The molecule has 0 spiro atoms. The Kier molecular flexibility index (Phi) is 5.43. The summed E-state index contributed by atoms with van der Waals surface area (Å²) in [5.74, 6) is 0.0604. The number of Topliss-reactive ketones (excluding diaryl/α,β-unsaturated/α-hetero) is 1. The molecule has 2 rings (SSSR count). The number of nitrogens with zero attached hydrogens (tertiary/aromatic N) is 1. The summed E-state index contributed by atoms with van der Waals surface area (Å²) in [4.78, 5) is 14.1. The lowest BCUT2D eigenvalue weighted by Gasteiger charge is -2.20. The third-order valence-electron chi connectivity index (χ3n) is 3.85. The van der Waals surface area contributed by atoms with E-state index in [0.29, 0.717) is 11.6 Å². The number of benzene rings is 1. The number of nitrogens with one attached hydrogen (secondary N) is 1. The van der Waals surface area contributed by atoms with Gasteiger partial charge in [0.25, 0.3) is 0 Å². The quantitative estimate of drug-likeness (QED) is 0.839. The smallest absolute Gasteiger partial charge is 0.138 e. The van der Waals surface area contributed by atoms with Gasteiger partial charge in [-0.25, -0.2) is 0 Å². The van der Waals surface area contributed by atoms with Crippen molar-refractivity contribution >= 4 is 17.4 Å². The Morgan fingerprint density at radius 1 is 1.29 bits per heavy atom. The van der Waals surface area contributed by atoms with Gasteiger partial charge in [-0.3, -0.25) is 4.79 Å². The maximum atomic E-state index is 11.9. The average molecular weight is 307 g/mol. The predicted molar refractivity (Wildman–Crippen MR) is 87.7 cm³/mol. The highest BCUT2D eigenvalue weighted by molar-refractivity contribution is 6.30. The molecule has 0 bridgehead atoms. The van der Waals surface area contributed by atoms with Crippen molar-refractivity contribution in [2.45, 2.75) is 25.7 Å². The van der Waals surface area contributed by atoms with Gasteiger partial charge in [0.1, 0.15) is 5.78 Å². The number of carbonyl (C=O) groups excluding carboxylic acids is 1. The molecule has 0 radical (unpaired) electrons. The number of halogens is 1. The number of ketones is 1. The van der Waals surface area contributed by atoms with E-state index < -0.39 is 0 Å². The molecule has 4 heteroatoms. The molecule has 1 atom stereocenters. The summed E-state index contributed by atoms with van der Waals surface area (Å²) in [6.45, 7) is 3.12. The van der Waals surface area contributed by atoms with Crippen molar-refractivity contribution in [2.24, 2.45) is 0 Å². The third-order valence-corrected chi connectivity index (χ3v) is 4.10. The molecule has 1 aliphatic carbocycles. The van der Waals surface area contributed by atoms with Crippen LogP contribution < -0.4 is 5.32 Å². The van der Waals surface area contributed by atoms with Crippen molar-refractivity contribution < 1.29 is 4.79 Å². The predicted octanol–water partition coefficient (Wildman–Crippen LogP) is 3.21. The fraction of sp³-hybridized carbons (Fsp3) is 0.471. The molecule has 1 aliphatic rings. The van der Waals surface area contributed by atoms with Gasteiger partial charge in [-0.15, -0.1) is 0 Å². The monoisotopic (exact) mass is 306 g/mol. The van der Waals surface area contributed by atoms with Crippen LogP contribution in [0.1, 0.15) is 31.2 Å². The minimum absolute atomic E-state index is 0.116. The first kappa shape index (κ1) is 16.1. The fourth-order valence-corrected chi connectivity index (χ4v) is 2.60. The number of hydrogen-bond acceptors (Lipinski definition) is 3. The molecular formula is C17H23ClN2O. The van der Waals surface area contributed by atoms with E-state index in [9.17, 15) is 4.79 Å². The molecule has 1 unspecified atom stereocenters. The van der Waals surface area contributed by atoms with Crippen LogP contribution in [0, 0.1) is 0 Å². The average Bonchev–Trinajstić information content (AvgIpc) is 3.24. The SMILES string of the molecule is CC(=O)C(CNCC(=C1CC1)N(C)C)c1ccc(Cl)cc1. The van der Waals surface area contributed by atoms with Gasteiger partial charge in [0.2, 0.25) is 0 Å². The summed E-state index contributed by atoms with van der Waals surface area (Å²) in [5.41, 5.74) is 3.90. The van der Waals surface area contributed by atoms with E-state index in [1.165, 1.54) is 24.1 Å². The summed E-state index contributed by atoms with van der Waals surface area (Å²) in [5, 5.41) is 4.13. The molecule has 3 nitrogen and oxygen atoms in total. The van der Waals surface area contributed by atoms with Crippen molar-refractivity contribution in [3.05, 3.63) is 46.1 Å². The van der Waals surface area contributed by atoms with Crippen molar-refractivity contribution in [1.82, 2.24) is 10.2 Å². The molecule has 1 aromatic carbocycles. The second-order valence-corrected chi connectivity index (χ2v) is 6.23. The van der Waals surface area contributed by atoms with Crippen molar-refractivity contribution in [3.63, 3.8) is 0 Å². The zero-order valence-electron chi connectivity index (χ0n) is 12.9. The van der Waals surface area contributed by atoms with Gasteiger partial charge < -0.3 is 10.2 Å². The molecule has 1 N–H and O–H groups in total. The molecule has 0 saturated heterocycles. The zero-order valence-corrected chi connectivity index (χ0v) is 13.7. The molecule has 0 aromatic heterocycles. The topological polar surface area (TPSA) is 32.3 Å². The molecule has 0 heterocycles. The Morgan fingerprint density at radius 3 is 2.38 bits per heavy atom. The zero-order chi connectivity index (χ0) is 15.4. The maximum Gasteiger partial charge on any atom is 0.138 e. The number of likely N-dealkylation sites (N-methyl/N-ethyl adjacent to an activating group) is 1. The first-order valence-corrected chi connectivity index (χ1v) is 7.71. The van der Waals surface area contributed by atoms with Crippen LogP contribution in [0.5, 0.6) is 0 Å². The minimum Gasteiger partial charge on any atom is -0.380 e. The highest BCUT2D eigenvalue weighted by atomic mass is 35.5. The van der Waals surface area contributed by atoms with E-state index in [-0.39, 0.29) is 11.7 Å². The number of rotatable bonds is 7. The minimum atomic E-state index is -0.116. The van der Waals surface area contributed by atoms with E-state index in [1.807, 2.05) is 24.3 Å². The Balaban J connectivity index is 1.96. The highest BCUT2D eigenvalue weighted by Crippen LogP contribution is 2.32. The van der Waals surface area contributed by atoms with Crippen LogP contribution in [0.25, 0.3) is 0 Å². The third kappa shape index (κ3) is 4.58. The highest BCUT2D eigenvalue weighted by Gasteiger charge is 2.20. The van der Waals surface area contributed by atoms with Crippen LogP contribution in [0.4, 0.5) is 0 Å². The lowest BCUT2D eigenvalue weighted by atomic mass is 9.95. The van der Waals surface area contributed by atoms with Gasteiger partial charge in [-0.2, -0.15) is 0 Å². The Bertz CT molecular complexity index is 528. The lowest BCUT2D eigenvalue weighted by molar-refractivity contribution is -0.118. The molecule has 1 saturated carbocycles. The van der Waals surface area contributed by atoms with Crippen molar-refractivity contribution in [1.29, 1.82) is 0 Å². The van der Waals surface area contributed by atoms with Gasteiger partial charge in [0.15, 0.2) is 0 Å². The normalized spacial score (nSPS) is 14.8. The van der Waals surface area contributed by atoms with E-state index in [0.717, 1.165) is 12.1 Å². The first-order chi connectivity index (χ1) is 9.99. The van der Waals surface area contributed by atoms with E-state index in [2.05, 4.69) is 24.3 Å². The molecule has 1 fully saturated rings. The van der Waals surface area contributed by atoms with Crippen molar-refractivity contribution in [3.8, 4) is 0 Å². The van der Waals surface area contributed by atoms with Gasteiger partial charge in [0, 0.05) is 37.9 Å². The largest absolute Gasteiger partial charge is 0.380 e. The summed E-state index contributed by atoms with van der Waals surface area (Å²) in [6.07, 6.45) is 2.42. The van der Waals surface area contributed by atoms with E-state index in [1.54, 1.807) is 6.92 Å². The second-order valence-electron chi connectivity index (χ2n) is 5.79. The fourth-order valence-electron chi connectivity index (χ4n) is 2.48.